The van der Waals surface area contributed by atoms with Crippen LogP contribution in [0.15, 0.2) is 48.8 Å². The Hall–Kier alpha value is -2.77. The summed E-state index contributed by atoms with van der Waals surface area (Å²) in [6.45, 7) is 7.41. The summed E-state index contributed by atoms with van der Waals surface area (Å²) in [6, 6.07) is 2.82. The summed E-state index contributed by atoms with van der Waals surface area (Å²) < 4.78 is 17.2. The van der Waals surface area contributed by atoms with Crippen molar-refractivity contribution in [1.82, 2.24) is 0 Å². The van der Waals surface area contributed by atoms with Crippen LogP contribution in [0.4, 0.5) is 0 Å². The molecule has 1 spiro atoms. The third-order valence-corrected chi connectivity index (χ3v) is 7.23. The van der Waals surface area contributed by atoms with Crippen molar-refractivity contribution in [2.75, 3.05) is 13.9 Å². The molecular formula is C25H30O7. The summed E-state index contributed by atoms with van der Waals surface area (Å²) >= 11 is 0. The van der Waals surface area contributed by atoms with Crippen molar-refractivity contribution < 1.29 is 34.3 Å². The van der Waals surface area contributed by atoms with Gasteiger partial charge in [0.2, 0.25) is 0 Å². The largest absolute Gasteiger partial charge is 0.504 e. The van der Waals surface area contributed by atoms with Crippen LogP contribution in [0.1, 0.15) is 32.3 Å². The van der Waals surface area contributed by atoms with Gasteiger partial charge in [-0.1, -0.05) is 18.2 Å². The van der Waals surface area contributed by atoms with Gasteiger partial charge >= 0.3 is 0 Å². The van der Waals surface area contributed by atoms with Crippen molar-refractivity contribution in [1.29, 1.82) is 0 Å². The van der Waals surface area contributed by atoms with Gasteiger partial charge in [-0.15, -0.1) is 6.58 Å². The Bertz CT molecular complexity index is 1000. The molecular weight excluding hydrogens is 412 g/mol. The minimum Gasteiger partial charge on any atom is -0.504 e. The van der Waals surface area contributed by atoms with E-state index in [0.717, 1.165) is 0 Å². The van der Waals surface area contributed by atoms with E-state index in [4.69, 9.17) is 14.2 Å². The highest BCUT2D eigenvalue weighted by atomic mass is 16.7. The number of phenolic OH excluding ortho intramolecular Hbond substituents is 2. The van der Waals surface area contributed by atoms with Gasteiger partial charge in [-0.2, -0.15) is 0 Å². The first kappa shape index (κ1) is 22.4. The third-order valence-electron chi connectivity index (χ3n) is 7.23. The lowest BCUT2D eigenvalue weighted by Gasteiger charge is -2.44. The molecule has 2 unspecified atom stereocenters. The lowest BCUT2D eigenvalue weighted by atomic mass is 9.59. The lowest BCUT2D eigenvalue weighted by Crippen LogP contribution is -2.51. The molecule has 2 bridgehead atoms. The molecule has 3 N–H and O–H groups in total. The van der Waals surface area contributed by atoms with Crippen LogP contribution in [0, 0.1) is 17.3 Å². The molecule has 1 saturated carbocycles. The smallest absolute Gasteiger partial charge is 0.189 e. The average molecular weight is 443 g/mol. The van der Waals surface area contributed by atoms with Crippen LogP contribution in [0.25, 0.3) is 0 Å². The first-order chi connectivity index (χ1) is 15.1. The van der Waals surface area contributed by atoms with Gasteiger partial charge in [-0.3, -0.25) is 4.79 Å². The van der Waals surface area contributed by atoms with E-state index in [2.05, 4.69) is 6.58 Å². The SMILES string of the molecule is C=CC[C@]12C(=O)C=C3OCOC3(C[C@@H]1C(C)(C)O)C2/C=C\Cc1cc(O)c(O)cc1OC. The Morgan fingerprint density at radius 1 is 1.31 bits per heavy atom. The monoisotopic (exact) mass is 442 g/mol. The van der Waals surface area contributed by atoms with Crippen LogP contribution < -0.4 is 4.74 Å². The molecule has 1 heterocycles. The second-order valence-electron chi connectivity index (χ2n) is 9.38. The van der Waals surface area contributed by atoms with E-state index >= 15 is 0 Å². The third kappa shape index (κ3) is 3.14. The molecule has 1 aromatic carbocycles. The lowest BCUT2D eigenvalue weighted by molar-refractivity contribution is -0.136. The predicted octanol–water partition coefficient (Wildman–Crippen LogP) is 3.38. The average Bonchev–Trinajstić information content (AvgIpc) is 3.23. The van der Waals surface area contributed by atoms with Crippen molar-refractivity contribution in [2.24, 2.45) is 17.3 Å². The second-order valence-corrected chi connectivity index (χ2v) is 9.38. The summed E-state index contributed by atoms with van der Waals surface area (Å²) in [4.78, 5) is 13.5. The molecule has 2 aliphatic carbocycles. The van der Waals surface area contributed by atoms with Gasteiger partial charge in [-0.25, -0.2) is 0 Å². The number of fused-ring (bicyclic) bond motifs is 1. The Morgan fingerprint density at radius 2 is 2.03 bits per heavy atom. The normalized spacial score (nSPS) is 31.4. The molecule has 4 rings (SSSR count). The summed E-state index contributed by atoms with van der Waals surface area (Å²) in [5.74, 6) is -0.343. The Labute approximate surface area is 187 Å². The highest BCUT2D eigenvalue weighted by Crippen LogP contribution is 2.66. The van der Waals surface area contributed by atoms with Crippen LogP contribution in [-0.2, 0) is 20.7 Å². The number of ether oxygens (including phenoxy) is 3. The number of aliphatic hydroxyl groups is 1. The van der Waals surface area contributed by atoms with Gasteiger partial charge in [0.15, 0.2) is 24.1 Å². The number of ketones is 1. The zero-order valence-electron chi connectivity index (χ0n) is 18.6. The minimum atomic E-state index is -1.12. The number of aromatic hydroxyl groups is 2. The van der Waals surface area contributed by atoms with E-state index < -0.39 is 16.6 Å². The maximum absolute atomic E-state index is 13.5. The van der Waals surface area contributed by atoms with Gasteiger partial charge in [0.05, 0.1) is 18.1 Å². The zero-order chi connectivity index (χ0) is 23.3. The van der Waals surface area contributed by atoms with E-state index in [1.54, 1.807) is 19.9 Å². The topological polar surface area (TPSA) is 105 Å². The van der Waals surface area contributed by atoms with E-state index in [1.807, 2.05) is 12.2 Å². The Kier molecular flexibility index (Phi) is 5.38. The van der Waals surface area contributed by atoms with Crippen molar-refractivity contribution in [2.45, 2.75) is 44.3 Å². The zero-order valence-corrected chi connectivity index (χ0v) is 18.6. The molecule has 7 heteroatoms. The molecule has 32 heavy (non-hydrogen) atoms. The molecule has 1 aromatic rings. The number of benzene rings is 1. The van der Waals surface area contributed by atoms with E-state index in [9.17, 15) is 20.1 Å². The summed E-state index contributed by atoms with van der Waals surface area (Å²) in [7, 11) is 1.49. The maximum Gasteiger partial charge on any atom is 0.189 e. The van der Waals surface area contributed by atoms with Crippen molar-refractivity contribution in [3.63, 3.8) is 0 Å². The van der Waals surface area contributed by atoms with Crippen LogP contribution in [-0.4, -0.2) is 46.2 Å². The fraction of sp³-hybridized carbons (Fsp3) is 0.480. The van der Waals surface area contributed by atoms with E-state index in [0.29, 0.717) is 36.3 Å². The summed E-state index contributed by atoms with van der Waals surface area (Å²) in [5, 5.41) is 30.7. The Morgan fingerprint density at radius 3 is 2.69 bits per heavy atom. The molecule has 7 nitrogen and oxygen atoms in total. The molecule has 0 aromatic heterocycles. The Balaban J connectivity index is 1.77. The van der Waals surface area contributed by atoms with Crippen LogP contribution in [0.2, 0.25) is 0 Å². The number of phenols is 2. The van der Waals surface area contributed by atoms with Crippen LogP contribution in [0.3, 0.4) is 0 Å². The fourth-order valence-corrected chi connectivity index (χ4v) is 5.88. The molecule has 0 radical (unpaired) electrons. The standard InChI is InChI=1S/C25H30O7/c1-5-9-24-19(8-6-7-15-10-16(26)17(27)11-18(15)30-4)25(13-20(24)23(2,3)29)22(12-21(24)28)31-14-32-25/h5-6,8,10-12,19-20,26-27,29H,1,7,9,13-14H2,2-4H3/b8-6-/t19?,20-,24-,25?/m1/s1. The molecule has 172 valence electrons. The van der Waals surface area contributed by atoms with E-state index in [1.165, 1.54) is 25.3 Å². The maximum atomic E-state index is 13.5. The number of carbonyl (C=O) groups is 1. The first-order valence-electron chi connectivity index (χ1n) is 10.7. The molecule has 4 atom stereocenters. The number of carbonyl (C=O) groups excluding carboxylic acids is 1. The predicted molar refractivity (Wildman–Crippen MR) is 117 cm³/mol. The fourth-order valence-electron chi connectivity index (χ4n) is 5.88. The number of hydrogen-bond acceptors (Lipinski definition) is 7. The van der Waals surface area contributed by atoms with Gasteiger partial charge < -0.3 is 29.5 Å². The van der Waals surface area contributed by atoms with Crippen molar-refractivity contribution >= 4 is 5.78 Å². The first-order valence-corrected chi connectivity index (χ1v) is 10.7. The summed E-state index contributed by atoms with van der Waals surface area (Å²) in [5.41, 5.74) is -2.16. The van der Waals surface area contributed by atoms with Crippen LogP contribution in [0.5, 0.6) is 17.2 Å². The number of hydrogen-bond donors (Lipinski definition) is 3. The summed E-state index contributed by atoms with van der Waals surface area (Å²) in [6.07, 6.45) is 8.38. The number of rotatable bonds is 7. The quantitative estimate of drug-likeness (QED) is 0.439. The highest BCUT2D eigenvalue weighted by Gasteiger charge is 2.72. The van der Waals surface area contributed by atoms with Crippen molar-refractivity contribution in [3.8, 4) is 17.2 Å². The highest BCUT2D eigenvalue weighted by molar-refractivity contribution is 5.99. The molecule has 2 fully saturated rings. The van der Waals surface area contributed by atoms with E-state index in [-0.39, 0.29) is 35.9 Å². The molecule has 1 saturated heterocycles. The van der Waals surface area contributed by atoms with Gasteiger partial charge in [0.1, 0.15) is 17.1 Å². The minimum absolute atomic E-state index is 0.0614. The second kappa shape index (κ2) is 7.67. The molecule has 3 aliphatic rings. The molecule has 0 amide bonds. The van der Waals surface area contributed by atoms with Gasteiger partial charge in [-0.05, 0) is 39.2 Å². The number of allylic oxidation sites excluding steroid dienone is 3. The number of methoxy groups -OCH3 is 1. The van der Waals surface area contributed by atoms with Gasteiger partial charge in [0, 0.05) is 29.5 Å². The van der Waals surface area contributed by atoms with Crippen LogP contribution >= 0.6 is 0 Å². The molecule has 1 aliphatic heterocycles. The van der Waals surface area contributed by atoms with Crippen molar-refractivity contribution in [3.05, 3.63) is 54.3 Å². The van der Waals surface area contributed by atoms with Gasteiger partial charge in [0.25, 0.3) is 0 Å².